The summed E-state index contributed by atoms with van der Waals surface area (Å²) in [6, 6.07) is 0. The molecule has 0 aromatic rings. The Morgan fingerprint density at radius 3 is 3.00 bits per heavy atom. The minimum absolute atomic E-state index is 0.218. The van der Waals surface area contributed by atoms with Gasteiger partial charge < -0.3 is 9.53 Å². The van der Waals surface area contributed by atoms with Crippen molar-refractivity contribution in [3.05, 3.63) is 0 Å². The van der Waals surface area contributed by atoms with E-state index >= 15 is 0 Å². The highest BCUT2D eigenvalue weighted by Crippen LogP contribution is 2.30. The van der Waals surface area contributed by atoms with Crippen molar-refractivity contribution >= 4 is 6.29 Å². The van der Waals surface area contributed by atoms with Gasteiger partial charge >= 0.3 is 0 Å². The van der Waals surface area contributed by atoms with Gasteiger partial charge in [0.1, 0.15) is 6.29 Å². The fourth-order valence-electron chi connectivity index (χ4n) is 0.739. The molecule has 1 aliphatic carbocycles. The fourth-order valence-corrected chi connectivity index (χ4v) is 0.739. The fraction of sp³-hybridized carbons (Fsp3) is 0.833. The van der Waals surface area contributed by atoms with Crippen molar-refractivity contribution < 1.29 is 9.53 Å². The number of carbonyl (C=O) groups is 1. The zero-order valence-electron chi connectivity index (χ0n) is 4.96. The summed E-state index contributed by atoms with van der Waals surface area (Å²) >= 11 is 0. The monoisotopic (exact) mass is 114 g/mol. The van der Waals surface area contributed by atoms with Crippen LogP contribution in [0.15, 0.2) is 0 Å². The first-order chi connectivity index (χ1) is 3.88. The molecule has 1 rings (SSSR count). The van der Waals surface area contributed by atoms with Crippen molar-refractivity contribution in [1.29, 1.82) is 0 Å². The van der Waals surface area contributed by atoms with Crippen LogP contribution in [0.25, 0.3) is 0 Å². The van der Waals surface area contributed by atoms with Gasteiger partial charge in [-0.25, -0.2) is 0 Å². The van der Waals surface area contributed by atoms with Gasteiger partial charge in [-0.2, -0.15) is 0 Å². The summed E-state index contributed by atoms with van der Waals surface area (Å²) in [6.07, 6.45) is 2.18. The Kier molecular flexibility index (Phi) is 1.63. The smallest absolute Gasteiger partial charge is 0.125 e. The van der Waals surface area contributed by atoms with Crippen molar-refractivity contribution in [2.24, 2.45) is 5.92 Å². The van der Waals surface area contributed by atoms with E-state index in [-0.39, 0.29) is 12.0 Å². The Labute approximate surface area is 48.8 Å². The number of aldehydes is 1. The molecule has 2 heteroatoms. The molecule has 2 unspecified atom stereocenters. The van der Waals surface area contributed by atoms with Crippen molar-refractivity contribution in [3.8, 4) is 0 Å². The first-order valence-corrected chi connectivity index (χ1v) is 2.95. The third kappa shape index (κ3) is 1.07. The van der Waals surface area contributed by atoms with E-state index in [0.29, 0.717) is 0 Å². The summed E-state index contributed by atoms with van der Waals surface area (Å²) in [5, 5.41) is 0. The standard InChI is InChI=1S/C6H10O2/c1-2-8-6-3-5(6)4-7/h4-6H,2-3H2,1H3. The lowest BCUT2D eigenvalue weighted by atomic mass is 10.5. The summed E-state index contributed by atoms with van der Waals surface area (Å²) < 4.78 is 5.13. The Bertz CT molecular complexity index is 90.5. The molecule has 0 aromatic heterocycles. The van der Waals surface area contributed by atoms with Gasteiger partial charge in [0.25, 0.3) is 0 Å². The van der Waals surface area contributed by atoms with E-state index in [9.17, 15) is 4.79 Å². The van der Waals surface area contributed by atoms with Crippen LogP contribution in [0, 0.1) is 5.92 Å². The van der Waals surface area contributed by atoms with Gasteiger partial charge in [-0.3, -0.25) is 0 Å². The molecule has 0 N–H and O–H groups in total. The van der Waals surface area contributed by atoms with Crippen molar-refractivity contribution in [2.75, 3.05) is 6.61 Å². The Morgan fingerprint density at radius 2 is 2.62 bits per heavy atom. The van der Waals surface area contributed by atoms with E-state index in [1.807, 2.05) is 6.92 Å². The summed E-state index contributed by atoms with van der Waals surface area (Å²) in [6.45, 7) is 2.68. The van der Waals surface area contributed by atoms with Gasteiger partial charge in [-0.1, -0.05) is 0 Å². The van der Waals surface area contributed by atoms with Crippen molar-refractivity contribution in [2.45, 2.75) is 19.4 Å². The third-order valence-corrected chi connectivity index (χ3v) is 1.33. The number of carbonyl (C=O) groups excluding carboxylic acids is 1. The molecular weight excluding hydrogens is 104 g/mol. The quantitative estimate of drug-likeness (QED) is 0.502. The molecule has 1 aliphatic rings. The highest BCUT2D eigenvalue weighted by molar-refractivity contribution is 5.58. The van der Waals surface area contributed by atoms with Gasteiger partial charge in [-0.15, -0.1) is 0 Å². The minimum atomic E-state index is 0.218. The zero-order chi connectivity index (χ0) is 5.98. The lowest BCUT2D eigenvalue weighted by molar-refractivity contribution is -0.109. The molecule has 0 spiro atoms. The van der Waals surface area contributed by atoms with Gasteiger partial charge in [0.15, 0.2) is 0 Å². The lowest BCUT2D eigenvalue weighted by Crippen LogP contribution is -1.95. The molecule has 0 heterocycles. The van der Waals surface area contributed by atoms with E-state index in [0.717, 1.165) is 19.3 Å². The Balaban J connectivity index is 2.07. The lowest BCUT2D eigenvalue weighted by Gasteiger charge is -1.91. The van der Waals surface area contributed by atoms with Crippen LogP contribution in [0.4, 0.5) is 0 Å². The molecule has 0 radical (unpaired) electrons. The van der Waals surface area contributed by atoms with Crippen molar-refractivity contribution in [1.82, 2.24) is 0 Å². The number of rotatable bonds is 3. The summed E-state index contributed by atoms with van der Waals surface area (Å²) in [7, 11) is 0. The molecule has 0 saturated heterocycles. The van der Waals surface area contributed by atoms with Crippen LogP contribution in [-0.2, 0) is 9.53 Å². The maximum absolute atomic E-state index is 9.97. The second kappa shape index (κ2) is 2.27. The molecule has 46 valence electrons. The van der Waals surface area contributed by atoms with Crippen LogP contribution in [-0.4, -0.2) is 19.0 Å². The van der Waals surface area contributed by atoms with Crippen LogP contribution >= 0.6 is 0 Å². The molecule has 0 amide bonds. The molecule has 1 fully saturated rings. The number of ether oxygens (including phenoxy) is 1. The van der Waals surface area contributed by atoms with Crippen molar-refractivity contribution in [3.63, 3.8) is 0 Å². The van der Waals surface area contributed by atoms with Crippen LogP contribution in [0.5, 0.6) is 0 Å². The van der Waals surface area contributed by atoms with Gasteiger partial charge in [0.2, 0.25) is 0 Å². The van der Waals surface area contributed by atoms with E-state index in [1.165, 1.54) is 0 Å². The molecule has 0 aromatic carbocycles. The van der Waals surface area contributed by atoms with Crippen LogP contribution in [0.1, 0.15) is 13.3 Å². The predicted molar refractivity (Wildman–Crippen MR) is 29.6 cm³/mol. The number of hydrogen-bond acceptors (Lipinski definition) is 2. The first-order valence-electron chi connectivity index (χ1n) is 2.95. The molecule has 0 aliphatic heterocycles. The summed E-state index contributed by atoms with van der Waals surface area (Å²) in [4.78, 5) is 9.97. The molecular formula is C6H10O2. The van der Waals surface area contributed by atoms with Gasteiger partial charge in [0.05, 0.1) is 6.10 Å². The average Bonchev–Trinajstić information content (AvgIpc) is 2.48. The van der Waals surface area contributed by atoms with Gasteiger partial charge in [-0.05, 0) is 13.3 Å². The maximum Gasteiger partial charge on any atom is 0.125 e. The Morgan fingerprint density at radius 1 is 1.88 bits per heavy atom. The SMILES string of the molecule is CCOC1CC1C=O. The normalized spacial score (nSPS) is 34.6. The van der Waals surface area contributed by atoms with Crippen LogP contribution in [0.2, 0.25) is 0 Å². The highest BCUT2D eigenvalue weighted by Gasteiger charge is 2.37. The minimum Gasteiger partial charge on any atom is -0.378 e. The zero-order valence-corrected chi connectivity index (χ0v) is 4.96. The van der Waals surface area contributed by atoms with Crippen LogP contribution < -0.4 is 0 Å². The largest absolute Gasteiger partial charge is 0.378 e. The molecule has 8 heavy (non-hydrogen) atoms. The van der Waals surface area contributed by atoms with Gasteiger partial charge in [0, 0.05) is 12.5 Å². The second-order valence-corrected chi connectivity index (χ2v) is 2.03. The second-order valence-electron chi connectivity index (χ2n) is 2.03. The maximum atomic E-state index is 9.97. The Hall–Kier alpha value is -0.370. The predicted octanol–water partition coefficient (Wildman–Crippen LogP) is 0.610. The average molecular weight is 114 g/mol. The molecule has 0 bridgehead atoms. The van der Waals surface area contributed by atoms with E-state index in [1.54, 1.807) is 0 Å². The van der Waals surface area contributed by atoms with E-state index in [4.69, 9.17) is 4.74 Å². The van der Waals surface area contributed by atoms with E-state index < -0.39 is 0 Å². The molecule has 2 nitrogen and oxygen atoms in total. The van der Waals surface area contributed by atoms with E-state index in [2.05, 4.69) is 0 Å². The third-order valence-electron chi connectivity index (χ3n) is 1.33. The summed E-state index contributed by atoms with van der Waals surface area (Å²) in [5.41, 5.74) is 0. The molecule has 1 saturated carbocycles. The highest BCUT2D eigenvalue weighted by atomic mass is 16.5. The van der Waals surface area contributed by atoms with Crippen LogP contribution in [0.3, 0.4) is 0 Å². The first kappa shape index (κ1) is 5.76. The topological polar surface area (TPSA) is 26.3 Å². The summed E-state index contributed by atoms with van der Waals surface area (Å²) in [5.74, 6) is 0.218. The molecule has 2 atom stereocenters. The number of hydrogen-bond donors (Lipinski definition) is 0.